The fourth-order valence-corrected chi connectivity index (χ4v) is 5.16. The van der Waals surface area contributed by atoms with E-state index in [4.69, 9.17) is 22.3 Å². The molecule has 1 aromatic carbocycles. The molecule has 0 bridgehead atoms. The van der Waals surface area contributed by atoms with Gasteiger partial charge < -0.3 is 11.1 Å². The molecule has 5 nitrogen and oxygen atoms in total. The monoisotopic (exact) mass is 400 g/mol. The normalized spacial score (nSPS) is 24.2. The molecule has 1 aromatic heterocycles. The summed E-state index contributed by atoms with van der Waals surface area (Å²) in [4.78, 5) is 21.4. The van der Waals surface area contributed by atoms with E-state index < -0.39 is 0 Å². The lowest BCUT2D eigenvalue weighted by atomic mass is 9.79. The van der Waals surface area contributed by atoms with E-state index in [0.717, 1.165) is 36.3 Å². The van der Waals surface area contributed by atoms with Crippen molar-refractivity contribution in [2.45, 2.75) is 31.7 Å². The van der Waals surface area contributed by atoms with Crippen LogP contribution in [0.3, 0.4) is 0 Å². The minimum atomic E-state index is -0.347. The number of aromatic nitrogens is 1. The molecule has 1 amide bonds. The fraction of sp³-hybridized carbons (Fsp3) is 0.350. The molecule has 140 valence electrons. The average molecular weight is 401 g/mol. The number of aliphatic imine (C=N–C) groups is 1. The number of nitrogens with two attached hydrogens (primary N) is 1. The summed E-state index contributed by atoms with van der Waals surface area (Å²) in [7, 11) is 0. The number of aryl methyl sites for hydroxylation is 1. The Hall–Kier alpha value is -2.05. The Labute approximate surface area is 167 Å². The van der Waals surface area contributed by atoms with Crippen LogP contribution in [-0.4, -0.2) is 21.8 Å². The first-order valence-electron chi connectivity index (χ1n) is 9.00. The Morgan fingerprint density at radius 1 is 1.37 bits per heavy atom. The Balaban J connectivity index is 1.68. The van der Waals surface area contributed by atoms with Crippen LogP contribution in [0.1, 0.15) is 41.4 Å². The molecule has 7 heteroatoms. The minimum absolute atomic E-state index is 0.260. The van der Waals surface area contributed by atoms with E-state index in [1.807, 2.05) is 12.1 Å². The second-order valence-corrected chi connectivity index (χ2v) is 8.66. The summed E-state index contributed by atoms with van der Waals surface area (Å²) < 4.78 is 0. The van der Waals surface area contributed by atoms with E-state index in [1.165, 1.54) is 11.8 Å². The highest BCUT2D eigenvalue weighted by molar-refractivity contribution is 8.13. The lowest BCUT2D eigenvalue weighted by Gasteiger charge is -2.37. The van der Waals surface area contributed by atoms with Crippen LogP contribution < -0.4 is 11.1 Å². The van der Waals surface area contributed by atoms with Gasteiger partial charge in [0.2, 0.25) is 0 Å². The first-order valence-corrected chi connectivity index (χ1v) is 10.4. The summed E-state index contributed by atoms with van der Waals surface area (Å²) in [6, 6.07) is 9.36. The maximum Gasteiger partial charge on any atom is 0.274 e. The van der Waals surface area contributed by atoms with Crippen LogP contribution >= 0.6 is 23.4 Å². The quantitative estimate of drug-likeness (QED) is 0.790. The van der Waals surface area contributed by atoms with Gasteiger partial charge in [-0.3, -0.25) is 9.79 Å². The van der Waals surface area contributed by atoms with Gasteiger partial charge >= 0.3 is 0 Å². The van der Waals surface area contributed by atoms with Crippen molar-refractivity contribution in [3.8, 4) is 0 Å². The van der Waals surface area contributed by atoms with Gasteiger partial charge in [0.05, 0.1) is 10.6 Å². The van der Waals surface area contributed by atoms with Crippen LogP contribution in [0.15, 0.2) is 41.5 Å². The molecule has 1 aliphatic heterocycles. The van der Waals surface area contributed by atoms with Crippen molar-refractivity contribution < 1.29 is 4.79 Å². The van der Waals surface area contributed by atoms with Crippen LogP contribution in [0.4, 0.5) is 5.69 Å². The number of anilines is 1. The first-order chi connectivity index (χ1) is 13.0. The third-order valence-corrected chi connectivity index (χ3v) is 6.62. The molecule has 0 unspecified atom stereocenters. The van der Waals surface area contributed by atoms with Crippen LogP contribution in [0.25, 0.3) is 0 Å². The summed E-state index contributed by atoms with van der Waals surface area (Å²) in [6.07, 6.45) is 4.76. The third kappa shape index (κ3) is 3.56. The maximum absolute atomic E-state index is 12.5. The molecular weight excluding hydrogens is 380 g/mol. The number of benzene rings is 1. The molecule has 4 rings (SSSR count). The highest BCUT2D eigenvalue weighted by Crippen LogP contribution is 2.46. The molecule has 2 aliphatic rings. The zero-order valence-corrected chi connectivity index (χ0v) is 16.6. The number of hydrogen-bond donors (Lipinski definition) is 2. The third-order valence-electron chi connectivity index (χ3n) is 5.44. The van der Waals surface area contributed by atoms with Crippen molar-refractivity contribution >= 4 is 40.1 Å². The van der Waals surface area contributed by atoms with Crippen molar-refractivity contribution in [2.24, 2.45) is 16.6 Å². The standard InChI is InChI=1S/C20H21ClN4OS/c1-20-13(11-27-19(22)25-20)4-2-3-12-5-7-15(9-16(12)20)24-18(26)17-8-6-14(21)10-23-17/h5-10,13H,2-4,11H2,1H3,(H2,22,25)(H,24,26)/t13-,20+/m0/s1. The molecule has 2 heterocycles. The largest absolute Gasteiger partial charge is 0.379 e. The molecule has 27 heavy (non-hydrogen) atoms. The van der Waals surface area contributed by atoms with E-state index in [-0.39, 0.29) is 11.4 Å². The summed E-state index contributed by atoms with van der Waals surface area (Å²) in [5, 5.41) is 4.08. The van der Waals surface area contributed by atoms with Crippen molar-refractivity contribution in [1.29, 1.82) is 0 Å². The number of nitrogens with zero attached hydrogens (tertiary/aromatic N) is 2. The highest BCUT2D eigenvalue weighted by atomic mass is 35.5. The molecular formula is C20H21ClN4OS. The van der Waals surface area contributed by atoms with E-state index in [1.54, 1.807) is 23.9 Å². The van der Waals surface area contributed by atoms with E-state index in [0.29, 0.717) is 21.8 Å². The number of carbonyl (C=O) groups excluding carboxylic acids is 1. The summed E-state index contributed by atoms with van der Waals surface area (Å²) >= 11 is 7.48. The fourth-order valence-electron chi connectivity index (χ4n) is 3.93. The molecule has 0 saturated carbocycles. The number of halogens is 1. The van der Waals surface area contributed by atoms with Crippen molar-refractivity contribution in [3.05, 3.63) is 58.4 Å². The second-order valence-electron chi connectivity index (χ2n) is 7.19. The van der Waals surface area contributed by atoms with Crippen molar-refractivity contribution in [2.75, 3.05) is 11.1 Å². The summed E-state index contributed by atoms with van der Waals surface area (Å²) in [5.74, 6) is 1.17. The van der Waals surface area contributed by atoms with Gasteiger partial charge in [-0.1, -0.05) is 29.4 Å². The van der Waals surface area contributed by atoms with Gasteiger partial charge in [-0.05, 0) is 67.5 Å². The number of hydrogen-bond acceptors (Lipinski definition) is 5. The van der Waals surface area contributed by atoms with Gasteiger partial charge in [0.25, 0.3) is 5.91 Å². The zero-order valence-electron chi connectivity index (χ0n) is 15.0. The van der Waals surface area contributed by atoms with Crippen molar-refractivity contribution in [3.63, 3.8) is 0 Å². The molecule has 2 atom stereocenters. The number of pyridine rings is 1. The summed E-state index contributed by atoms with van der Waals surface area (Å²) in [5.41, 5.74) is 9.23. The number of rotatable bonds is 2. The number of thioether (sulfide) groups is 1. The topological polar surface area (TPSA) is 80.4 Å². The van der Waals surface area contributed by atoms with E-state index in [9.17, 15) is 4.79 Å². The summed E-state index contributed by atoms with van der Waals surface area (Å²) in [6.45, 7) is 2.17. The van der Waals surface area contributed by atoms with Crippen LogP contribution in [-0.2, 0) is 12.0 Å². The predicted molar refractivity (Wildman–Crippen MR) is 112 cm³/mol. The molecule has 0 fully saturated rings. The van der Waals surface area contributed by atoms with Gasteiger partial charge in [0.15, 0.2) is 5.17 Å². The maximum atomic E-state index is 12.5. The lowest BCUT2D eigenvalue weighted by molar-refractivity contribution is 0.102. The van der Waals surface area contributed by atoms with Crippen LogP contribution in [0.5, 0.6) is 0 Å². The number of carbonyl (C=O) groups is 1. The van der Waals surface area contributed by atoms with Crippen molar-refractivity contribution in [1.82, 2.24) is 4.98 Å². The molecule has 0 radical (unpaired) electrons. The first kappa shape index (κ1) is 18.3. The SMILES string of the molecule is C[C@@]12N=C(N)SC[C@@H]1CCCc1ccc(NC(=O)c3ccc(Cl)cn3)cc12. The number of amides is 1. The molecule has 1 aliphatic carbocycles. The second kappa shape index (κ2) is 7.17. The Bertz CT molecular complexity index is 915. The molecule has 3 N–H and O–H groups in total. The van der Waals surface area contributed by atoms with Gasteiger partial charge in [-0.25, -0.2) is 4.98 Å². The Morgan fingerprint density at radius 3 is 3.00 bits per heavy atom. The molecule has 0 saturated heterocycles. The number of amidine groups is 1. The minimum Gasteiger partial charge on any atom is -0.379 e. The Kier molecular flexibility index (Phi) is 4.86. The van der Waals surface area contributed by atoms with Gasteiger partial charge in [-0.2, -0.15) is 0 Å². The zero-order chi connectivity index (χ0) is 19.0. The highest BCUT2D eigenvalue weighted by Gasteiger charge is 2.41. The number of fused-ring (bicyclic) bond motifs is 3. The molecule has 2 aromatic rings. The average Bonchev–Trinajstić information content (AvgIpc) is 2.78. The smallest absolute Gasteiger partial charge is 0.274 e. The Morgan fingerprint density at radius 2 is 2.22 bits per heavy atom. The molecule has 0 spiro atoms. The van der Waals surface area contributed by atoms with E-state index >= 15 is 0 Å². The van der Waals surface area contributed by atoms with Gasteiger partial charge in [0, 0.05) is 17.6 Å². The predicted octanol–water partition coefficient (Wildman–Crippen LogP) is 4.22. The van der Waals surface area contributed by atoms with E-state index in [2.05, 4.69) is 23.3 Å². The number of nitrogens with one attached hydrogen (secondary N) is 1. The van der Waals surface area contributed by atoms with Gasteiger partial charge in [-0.15, -0.1) is 0 Å². The van der Waals surface area contributed by atoms with Crippen LogP contribution in [0.2, 0.25) is 5.02 Å². The van der Waals surface area contributed by atoms with Crippen LogP contribution in [0, 0.1) is 5.92 Å². The lowest BCUT2D eigenvalue weighted by Crippen LogP contribution is -2.37. The van der Waals surface area contributed by atoms with Gasteiger partial charge in [0.1, 0.15) is 5.69 Å².